The Balaban J connectivity index is 1.97. The minimum absolute atomic E-state index is 0.204. The van der Waals surface area contributed by atoms with Crippen LogP contribution >= 0.6 is 22.9 Å². The van der Waals surface area contributed by atoms with Crippen molar-refractivity contribution in [3.8, 4) is 11.1 Å². The van der Waals surface area contributed by atoms with Crippen LogP contribution in [-0.2, 0) is 15.8 Å². The van der Waals surface area contributed by atoms with Gasteiger partial charge in [0.2, 0.25) is 5.13 Å². The lowest BCUT2D eigenvalue weighted by molar-refractivity contribution is -0.289. The standard InChI is InChI=1S/C18H12ClF5N4O3S2/c1-2-33(30,31)12-7-10(9-3-5-11(19)6-4-9)8-25-13(12)14(29)26-16-28-27-15(32-16)17(20,21)18(22,23)24/h3-8H,2H2,1H3,(H,26,28,29). The molecule has 1 N–H and O–H groups in total. The average molecular weight is 527 g/mol. The number of aromatic nitrogens is 3. The van der Waals surface area contributed by atoms with E-state index in [2.05, 4.69) is 15.2 Å². The van der Waals surface area contributed by atoms with E-state index in [4.69, 9.17) is 11.6 Å². The summed E-state index contributed by atoms with van der Waals surface area (Å²) in [6.45, 7) is 1.34. The molecule has 0 atom stereocenters. The number of pyridine rings is 1. The van der Waals surface area contributed by atoms with Crippen LogP contribution in [0, 0.1) is 0 Å². The normalized spacial score (nSPS) is 12.6. The second-order valence-electron chi connectivity index (χ2n) is 6.42. The summed E-state index contributed by atoms with van der Waals surface area (Å²) in [6, 6.07) is 7.54. The summed E-state index contributed by atoms with van der Waals surface area (Å²) in [6.07, 6.45) is -4.70. The summed E-state index contributed by atoms with van der Waals surface area (Å²) in [5, 5.41) is 5.93. The van der Waals surface area contributed by atoms with Crippen LogP contribution in [-0.4, -0.2) is 41.4 Å². The van der Waals surface area contributed by atoms with Crippen molar-refractivity contribution in [2.75, 3.05) is 11.1 Å². The van der Waals surface area contributed by atoms with E-state index in [0.717, 1.165) is 0 Å². The second-order valence-corrected chi connectivity index (χ2v) is 10.1. The van der Waals surface area contributed by atoms with E-state index in [-0.39, 0.29) is 17.1 Å². The summed E-state index contributed by atoms with van der Waals surface area (Å²) in [5.41, 5.74) is 0.307. The molecule has 0 spiro atoms. The highest BCUT2D eigenvalue weighted by atomic mass is 35.5. The Labute approximate surface area is 192 Å². The fourth-order valence-electron chi connectivity index (χ4n) is 2.49. The van der Waals surface area contributed by atoms with Gasteiger partial charge in [0.05, 0.1) is 10.6 Å². The number of rotatable bonds is 6. The van der Waals surface area contributed by atoms with Gasteiger partial charge in [-0.15, -0.1) is 10.2 Å². The van der Waals surface area contributed by atoms with Crippen molar-refractivity contribution >= 4 is 43.8 Å². The number of anilines is 1. The number of alkyl halides is 5. The molecule has 3 aromatic rings. The molecule has 0 unspecified atom stereocenters. The Hall–Kier alpha value is -2.71. The van der Waals surface area contributed by atoms with Gasteiger partial charge in [-0.25, -0.2) is 13.4 Å². The number of hydrogen-bond donors (Lipinski definition) is 1. The lowest BCUT2D eigenvalue weighted by Crippen LogP contribution is -2.33. The number of benzene rings is 1. The van der Waals surface area contributed by atoms with Crippen LogP contribution in [0.1, 0.15) is 22.4 Å². The van der Waals surface area contributed by atoms with Gasteiger partial charge in [-0.1, -0.05) is 42.0 Å². The summed E-state index contributed by atoms with van der Waals surface area (Å²) in [5.74, 6) is -6.84. The predicted octanol–water partition coefficient (Wildman–Crippen LogP) is 4.95. The third kappa shape index (κ3) is 5.12. The van der Waals surface area contributed by atoms with Crippen molar-refractivity contribution in [1.29, 1.82) is 0 Å². The second kappa shape index (κ2) is 8.91. The maximum atomic E-state index is 13.4. The molecule has 33 heavy (non-hydrogen) atoms. The summed E-state index contributed by atoms with van der Waals surface area (Å²) in [4.78, 5) is 16.0. The first-order chi connectivity index (χ1) is 15.3. The Bertz CT molecular complexity index is 1300. The number of sulfone groups is 1. The molecular formula is C18H12ClF5N4O3S2. The summed E-state index contributed by atoms with van der Waals surface area (Å²) < 4.78 is 89.4. The van der Waals surface area contributed by atoms with Crippen molar-refractivity contribution in [2.24, 2.45) is 0 Å². The third-order valence-electron chi connectivity index (χ3n) is 4.23. The number of carbonyl (C=O) groups is 1. The van der Waals surface area contributed by atoms with Gasteiger partial charge in [0, 0.05) is 16.8 Å². The first-order valence-electron chi connectivity index (χ1n) is 8.85. The van der Waals surface area contributed by atoms with E-state index < -0.39 is 48.6 Å². The molecule has 0 fully saturated rings. The maximum absolute atomic E-state index is 13.4. The molecule has 0 radical (unpaired) electrons. The molecule has 15 heteroatoms. The van der Waals surface area contributed by atoms with Crippen LogP contribution in [0.3, 0.4) is 0 Å². The van der Waals surface area contributed by atoms with Gasteiger partial charge in [-0.05, 0) is 23.8 Å². The molecule has 0 saturated carbocycles. The zero-order valence-electron chi connectivity index (χ0n) is 16.3. The molecule has 1 aromatic carbocycles. The molecule has 0 aliphatic heterocycles. The van der Waals surface area contributed by atoms with Gasteiger partial charge in [0.15, 0.2) is 14.8 Å². The largest absolute Gasteiger partial charge is 0.460 e. The monoisotopic (exact) mass is 526 g/mol. The van der Waals surface area contributed by atoms with Gasteiger partial charge >= 0.3 is 12.1 Å². The minimum atomic E-state index is -5.91. The SMILES string of the molecule is CCS(=O)(=O)c1cc(-c2ccc(Cl)cc2)cnc1C(=O)Nc1nnc(C(F)(F)C(F)(F)F)s1. The number of hydrogen-bond acceptors (Lipinski definition) is 7. The molecule has 3 rings (SSSR count). The molecule has 2 aromatic heterocycles. The van der Waals surface area contributed by atoms with Crippen LogP contribution in [0.15, 0.2) is 41.4 Å². The highest BCUT2D eigenvalue weighted by Gasteiger charge is 2.61. The molecule has 2 heterocycles. The van der Waals surface area contributed by atoms with E-state index in [9.17, 15) is 35.2 Å². The van der Waals surface area contributed by atoms with Crippen LogP contribution < -0.4 is 5.32 Å². The fraction of sp³-hybridized carbons (Fsp3) is 0.222. The average Bonchev–Trinajstić information content (AvgIpc) is 3.22. The van der Waals surface area contributed by atoms with Gasteiger partial charge in [0.25, 0.3) is 5.91 Å². The van der Waals surface area contributed by atoms with E-state index in [1.807, 2.05) is 5.32 Å². The number of halogens is 6. The Kier molecular flexibility index (Phi) is 6.73. The third-order valence-corrected chi connectivity index (χ3v) is 7.13. The van der Waals surface area contributed by atoms with Crippen LogP contribution in [0.25, 0.3) is 11.1 Å². The van der Waals surface area contributed by atoms with Gasteiger partial charge in [-0.2, -0.15) is 22.0 Å². The van der Waals surface area contributed by atoms with Crippen molar-refractivity contribution < 1.29 is 35.2 Å². The minimum Gasteiger partial charge on any atom is -0.295 e. The summed E-state index contributed by atoms with van der Waals surface area (Å²) in [7, 11) is -3.99. The zero-order valence-corrected chi connectivity index (χ0v) is 18.7. The Morgan fingerprint density at radius 1 is 1.09 bits per heavy atom. The number of nitrogens with one attached hydrogen (secondary N) is 1. The summed E-state index contributed by atoms with van der Waals surface area (Å²) >= 11 is 5.64. The van der Waals surface area contributed by atoms with Gasteiger partial charge in [0.1, 0.15) is 5.69 Å². The van der Waals surface area contributed by atoms with Crippen LogP contribution in [0.2, 0.25) is 5.02 Å². The highest BCUT2D eigenvalue weighted by Crippen LogP contribution is 2.45. The number of amides is 1. The smallest absolute Gasteiger partial charge is 0.295 e. The van der Waals surface area contributed by atoms with Gasteiger partial charge < -0.3 is 0 Å². The van der Waals surface area contributed by atoms with E-state index >= 15 is 0 Å². The number of carbonyl (C=O) groups excluding carboxylic acids is 1. The van der Waals surface area contributed by atoms with Crippen molar-refractivity contribution in [2.45, 2.75) is 23.9 Å². The van der Waals surface area contributed by atoms with E-state index in [1.165, 1.54) is 19.2 Å². The molecule has 0 saturated heterocycles. The van der Waals surface area contributed by atoms with Crippen LogP contribution in [0.5, 0.6) is 0 Å². The van der Waals surface area contributed by atoms with Crippen molar-refractivity contribution in [1.82, 2.24) is 15.2 Å². The molecule has 0 bridgehead atoms. The molecule has 1 amide bonds. The predicted molar refractivity (Wildman–Crippen MR) is 110 cm³/mol. The fourth-order valence-corrected chi connectivity index (χ4v) is 4.40. The lowest BCUT2D eigenvalue weighted by Gasteiger charge is -2.15. The number of nitrogens with zero attached hydrogens (tertiary/aromatic N) is 3. The topological polar surface area (TPSA) is 102 Å². The maximum Gasteiger partial charge on any atom is 0.460 e. The zero-order chi connectivity index (χ0) is 24.6. The Morgan fingerprint density at radius 3 is 2.30 bits per heavy atom. The first-order valence-corrected chi connectivity index (χ1v) is 11.7. The highest BCUT2D eigenvalue weighted by molar-refractivity contribution is 7.91. The van der Waals surface area contributed by atoms with Crippen molar-refractivity contribution in [3.05, 3.63) is 52.3 Å². The molecule has 176 valence electrons. The molecule has 0 aliphatic carbocycles. The lowest BCUT2D eigenvalue weighted by atomic mass is 10.1. The van der Waals surface area contributed by atoms with E-state index in [1.54, 1.807) is 24.3 Å². The van der Waals surface area contributed by atoms with Crippen molar-refractivity contribution in [3.63, 3.8) is 0 Å². The Morgan fingerprint density at radius 2 is 1.73 bits per heavy atom. The van der Waals surface area contributed by atoms with Gasteiger partial charge in [-0.3, -0.25) is 10.1 Å². The molecule has 0 aliphatic rings. The van der Waals surface area contributed by atoms with Crippen LogP contribution in [0.4, 0.5) is 27.1 Å². The molecule has 7 nitrogen and oxygen atoms in total. The molecular weight excluding hydrogens is 515 g/mol. The van der Waals surface area contributed by atoms with E-state index in [0.29, 0.717) is 16.1 Å². The first kappa shape index (κ1) is 24.9. The quantitative estimate of drug-likeness (QED) is 0.456.